The second kappa shape index (κ2) is 26.2. The molecule has 9 heteroatoms. The summed E-state index contributed by atoms with van der Waals surface area (Å²) in [5.41, 5.74) is 1.52. The molecule has 0 spiro atoms. The number of hydrogen-bond donors (Lipinski definition) is 1. The summed E-state index contributed by atoms with van der Waals surface area (Å²) in [6, 6.07) is 10.6. The van der Waals surface area contributed by atoms with Crippen LogP contribution in [-0.2, 0) is 4.79 Å². The highest BCUT2D eigenvalue weighted by Crippen LogP contribution is 2.23. The fraction of sp³-hybridized carbons (Fsp3) is 0.562. The van der Waals surface area contributed by atoms with E-state index in [1.165, 1.54) is 18.2 Å². The first kappa shape index (κ1) is 40.4. The summed E-state index contributed by atoms with van der Waals surface area (Å²) < 4.78 is 26.9. The molecule has 2 aromatic carbocycles. The highest BCUT2D eigenvalue weighted by atomic mass is 35.5. The molecule has 1 saturated heterocycles. The molecule has 1 heterocycles. The molecular weight excluding hydrogens is 546 g/mol. The van der Waals surface area contributed by atoms with Crippen LogP contribution in [0, 0.1) is 11.6 Å². The molecule has 236 valence electrons. The summed E-state index contributed by atoms with van der Waals surface area (Å²) in [5, 5.41) is 2.44. The Kier molecular flexibility index (Phi) is 25.8. The minimum Gasteiger partial charge on any atom is -0.369 e. The molecule has 2 amide bonds. The average Bonchev–Trinajstić information content (AvgIpc) is 3.00. The van der Waals surface area contributed by atoms with Gasteiger partial charge >= 0.3 is 0 Å². The largest absolute Gasteiger partial charge is 0.369 e. The zero-order valence-corrected chi connectivity index (χ0v) is 27.2. The lowest BCUT2D eigenvalue weighted by molar-refractivity contribution is -0.105. The maximum atomic E-state index is 13.9. The number of anilines is 2. The van der Waals surface area contributed by atoms with Gasteiger partial charge in [0.2, 0.25) is 6.41 Å². The van der Waals surface area contributed by atoms with Gasteiger partial charge in [0.25, 0.3) is 5.91 Å². The topological polar surface area (TPSA) is 55.9 Å². The first-order valence-electron chi connectivity index (χ1n) is 14.8. The van der Waals surface area contributed by atoms with Crippen molar-refractivity contribution < 1.29 is 19.8 Å². The van der Waals surface area contributed by atoms with Crippen molar-refractivity contribution in [2.24, 2.45) is 0 Å². The van der Waals surface area contributed by atoms with Gasteiger partial charge in [-0.1, -0.05) is 54.5 Å². The van der Waals surface area contributed by atoms with Crippen LogP contribution in [0.2, 0.25) is 0 Å². The minimum atomic E-state index is -0.361. The van der Waals surface area contributed by atoms with Crippen molar-refractivity contribution in [2.45, 2.75) is 67.7 Å². The van der Waals surface area contributed by atoms with Crippen LogP contribution in [0.25, 0.3) is 0 Å². The number of rotatable bonds is 9. The second-order valence-corrected chi connectivity index (χ2v) is 9.09. The number of piperazine rings is 1. The van der Waals surface area contributed by atoms with Crippen LogP contribution in [0.3, 0.4) is 0 Å². The predicted molar refractivity (Wildman–Crippen MR) is 175 cm³/mol. The second-order valence-electron chi connectivity index (χ2n) is 8.71. The molecule has 0 atom stereocenters. The molecule has 0 saturated carbocycles. The Morgan fingerprint density at radius 2 is 1.51 bits per heavy atom. The predicted octanol–water partition coefficient (Wildman–Crippen LogP) is 8.17. The third-order valence-corrected chi connectivity index (χ3v) is 5.93. The van der Waals surface area contributed by atoms with E-state index in [1.54, 1.807) is 29.2 Å². The highest BCUT2D eigenvalue weighted by Gasteiger charge is 2.20. The molecule has 1 aliphatic heterocycles. The number of carbonyl (C=O) groups excluding carboxylic acids is 2. The number of hydrogen-bond acceptors (Lipinski definition) is 4. The van der Waals surface area contributed by atoms with Gasteiger partial charge in [0, 0.05) is 57.8 Å². The van der Waals surface area contributed by atoms with Gasteiger partial charge in [0.1, 0.15) is 11.6 Å². The van der Waals surface area contributed by atoms with Crippen molar-refractivity contribution in [2.75, 3.05) is 62.4 Å². The number of nitrogens with zero attached hydrogens (tertiary/aromatic N) is 3. The van der Waals surface area contributed by atoms with Crippen LogP contribution in [0.5, 0.6) is 0 Å². The number of halogens is 3. The average molecular weight is 601 g/mol. The number of amides is 2. The maximum Gasteiger partial charge on any atom is 0.254 e. The molecule has 0 unspecified atom stereocenters. The van der Waals surface area contributed by atoms with Gasteiger partial charge in [-0.05, 0) is 62.7 Å². The van der Waals surface area contributed by atoms with E-state index >= 15 is 0 Å². The Balaban J connectivity index is -0.000000570. The third kappa shape index (κ3) is 17.0. The normalized spacial score (nSPS) is 12.0. The SMILES string of the molecule is CC.CC.CCCCl.CCCN(CCC)c1ccc(NC=O)cc1F.CN1CCN(C(=O)c2cccc(F)c2)CC1.[HH]. The summed E-state index contributed by atoms with van der Waals surface area (Å²) in [5.74, 6) is 0.0614. The fourth-order valence-electron chi connectivity index (χ4n) is 3.63. The summed E-state index contributed by atoms with van der Waals surface area (Å²) in [6.45, 7) is 19.1. The lowest BCUT2D eigenvalue weighted by atomic mass is 10.2. The van der Waals surface area contributed by atoms with Crippen LogP contribution >= 0.6 is 11.6 Å². The van der Waals surface area contributed by atoms with E-state index in [9.17, 15) is 18.4 Å². The van der Waals surface area contributed by atoms with Crippen LogP contribution < -0.4 is 10.2 Å². The van der Waals surface area contributed by atoms with Gasteiger partial charge in [-0.2, -0.15) is 0 Å². The van der Waals surface area contributed by atoms with Gasteiger partial charge in [0.05, 0.1) is 5.69 Å². The summed E-state index contributed by atoms with van der Waals surface area (Å²) in [4.78, 5) is 28.2. The summed E-state index contributed by atoms with van der Waals surface area (Å²) >= 11 is 5.19. The van der Waals surface area contributed by atoms with E-state index in [2.05, 4.69) is 24.1 Å². The van der Waals surface area contributed by atoms with E-state index in [0.29, 0.717) is 36.4 Å². The van der Waals surface area contributed by atoms with E-state index in [4.69, 9.17) is 11.6 Å². The molecule has 41 heavy (non-hydrogen) atoms. The van der Waals surface area contributed by atoms with Crippen molar-refractivity contribution in [1.82, 2.24) is 9.80 Å². The molecule has 0 radical (unpaired) electrons. The number of carbonyl (C=O) groups is 2. The van der Waals surface area contributed by atoms with Crippen LogP contribution in [0.4, 0.5) is 20.2 Å². The molecule has 2 aromatic rings. The fourth-order valence-corrected chi connectivity index (χ4v) is 3.63. The standard InChI is InChI=1S/C13H19FN2O.C12H15FN2O.C3H7Cl.2C2H6.H2/c1-3-7-16(8-4-2)13-6-5-11(15-10-17)9-12(13)14;1-14-5-7-15(8-6-14)12(16)10-3-2-4-11(13)9-10;1-2-3-4;2*1-2;/h5-6,9-10H,3-4,7-8H2,1-2H3,(H,15,17);2-4,9H,5-8H2,1H3;2-3H2,1H3;2*1-2H3;1H. The van der Waals surface area contributed by atoms with Gasteiger partial charge in [0.15, 0.2) is 0 Å². The van der Waals surface area contributed by atoms with Gasteiger partial charge in [-0.3, -0.25) is 9.59 Å². The molecule has 0 aliphatic carbocycles. The maximum absolute atomic E-state index is 13.9. The van der Waals surface area contributed by atoms with Gasteiger partial charge in [-0.15, -0.1) is 11.6 Å². The van der Waals surface area contributed by atoms with Crippen molar-refractivity contribution in [3.63, 3.8) is 0 Å². The Labute approximate surface area is 254 Å². The number of nitrogens with one attached hydrogen (secondary N) is 1. The Bertz CT molecular complexity index is 940. The van der Waals surface area contributed by atoms with Crippen molar-refractivity contribution in [1.29, 1.82) is 0 Å². The Hall–Kier alpha value is -2.71. The first-order valence-corrected chi connectivity index (χ1v) is 15.4. The Morgan fingerprint density at radius 3 is 1.95 bits per heavy atom. The quantitative estimate of drug-likeness (QED) is 0.233. The zero-order valence-electron chi connectivity index (χ0n) is 26.5. The van der Waals surface area contributed by atoms with Crippen LogP contribution in [-0.4, -0.2) is 74.3 Å². The van der Waals surface area contributed by atoms with E-state index in [0.717, 1.165) is 51.3 Å². The van der Waals surface area contributed by atoms with Crippen LogP contribution in [0.15, 0.2) is 42.5 Å². The van der Waals surface area contributed by atoms with Gasteiger partial charge < -0.3 is 20.0 Å². The number of benzene rings is 2. The van der Waals surface area contributed by atoms with Gasteiger partial charge in [-0.25, -0.2) is 8.78 Å². The van der Waals surface area contributed by atoms with E-state index < -0.39 is 0 Å². The smallest absolute Gasteiger partial charge is 0.254 e. The third-order valence-electron chi connectivity index (χ3n) is 5.55. The van der Waals surface area contributed by atoms with Crippen molar-refractivity contribution in [3.05, 3.63) is 59.7 Å². The molecule has 0 aromatic heterocycles. The molecule has 1 aliphatic rings. The van der Waals surface area contributed by atoms with Crippen LogP contribution in [0.1, 0.15) is 79.5 Å². The number of alkyl halides is 1. The number of likely N-dealkylation sites (N-methyl/N-ethyl adjacent to an activating group) is 1. The lowest BCUT2D eigenvalue weighted by Crippen LogP contribution is -2.47. The summed E-state index contributed by atoms with van der Waals surface area (Å²) in [7, 11) is 2.03. The first-order chi connectivity index (χ1) is 19.8. The monoisotopic (exact) mass is 600 g/mol. The molecule has 1 N–H and O–H groups in total. The lowest BCUT2D eigenvalue weighted by Gasteiger charge is -2.32. The molecule has 0 bridgehead atoms. The van der Waals surface area contributed by atoms with Crippen molar-refractivity contribution >= 4 is 35.3 Å². The van der Waals surface area contributed by atoms with Crippen molar-refractivity contribution in [3.8, 4) is 0 Å². The zero-order chi connectivity index (χ0) is 31.6. The highest BCUT2D eigenvalue weighted by molar-refractivity contribution is 6.17. The van der Waals surface area contributed by atoms with E-state index in [-0.39, 0.29) is 19.0 Å². The molecule has 3 rings (SSSR count). The molecule has 1 fully saturated rings. The Morgan fingerprint density at radius 1 is 0.951 bits per heavy atom. The molecule has 6 nitrogen and oxygen atoms in total. The molecular formula is C32H55ClF2N4O2. The van der Waals surface area contributed by atoms with E-state index in [1.807, 2.05) is 46.6 Å². The minimum absolute atomic E-state index is 0. The summed E-state index contributed by atoms with van der Waals surface area (Å²) in [6.07, 6.45) is 3.59.